The van der Waals surface area contributed by atoms with Crippen LogP contribution in [0.25, 0.3) is 0 Å². The molecule has 1 unspecified atom stereocenters. The number of ether oxygens (including phenoxy) is 1. The van der Waals surface area contributed by atoms with Gasteiger partial charge in [0.15, 0.2) is 5.05 Å². The van der Waals surface area contributed by atoms with E-state index in [-0.39, 0.29) is 11.1 Å². The second kappa shape index (κ2) is 5.07. The van der Waals surface area contributed by atoms with E-state index >= 15 is 0 Å². The summed E-state index contributed by atoms with van der Waals surface area (Å²) < 4.78 is 4.93. The summed E-state index contributed by atoms with van der Waals surface area (Å²) in [6.07, 6.45) is -1.40. The molecule has 0 radical (unpaired) electrons. The Balaban J connectivity index is 2.83. The van der Waals surface area contributed by atoms with E-state index in [9.17, 15) is 9.59 Å². The number of carboxylic acid groups (broad SMARTS) is 1. The van der Waals surface area contributed by atoms with Crippen molar-refractivity contribution < 1.29 is 19.4 Å². The fraction of sp³-hybridized carbons (Fsp3) is 0.625. The van der Waals surface area contributed by atoms with Crippen molar-refractivity contribution in [3.05, 3.63) is 0 Å². The van der Waals surface area contributed by atoms with Gasteiger partial charge in [-0.25, -0.2) is 4.79 Å². The smallest absolute Gasteiger partial charge is 0.366 e. The number of hydrogen-bond donors (Lipinski definition) is 2. The number of nitrogens with zero attached hydrogens (tertiary/aromatic N) is 1. The van der Waals surface area contributed by atoms with Gasteiger partial charge >= 0.3 is 5.97 Å². The zero-order chi connectivity index (χ0) is 12.5. The zero-order valence-electron chi connectivity index (χ0n) is 8.42. The third kappa shape index (κ3) is 2.33. The standard InChI is InChI=1S/C8H11BrN2O4S/c1-3(16)15-7(8(13)14)11-4(2-9)5(10)6(11)12/h4-5,7H,2,10H2,1H3,(H,13,14)/t4-,5+,7?/m0/s1. The maximum atomic E-state index is 11.5. The van der Waals surface area contributed by atoms with Crippen LogP contribution in [-0.2, 0) is 14.3 Å². The van der Waals surface area contributed by atoms with Gasteiger partial charge in [-0.2, -0.15) is 0 Å². The highest BCUT2D eigenvalue weighted by atomic mass is 79.9. The van der Waals surface area contributed by atoms with Gasteiger partial charge in [0.1, 0.15) is 6.04 Å². The van der Waals surface area contributed by atoms with E-state index in [1.165, 1.54) is 6.92 Å². The number of carbonyl (C=O) groups is 2. The van der Waals surface area contributed by atoms with Crippen molar-refractivity contribution in [2.45, 2.75) is 25.2 Å². The van der Waals surface area contributed by atoms with E-state index in [0.717, 1.165) is 4.90 Å². The number of thiocarbonyl (C=S) groups is 1. The highest BCUT2D eigenvalue weighted by Crippen LogP contribution is 2.24. The van der Waals surface area contributed by atoms with Crippen LogP contribution in [0.4, 0.5) is 0 Å². The monoisotopic (exact) mass is 310 g/mol. The summed E-state index contributed by atoms with van der Waals surface area (Å²) in [6, 6.07) is -1.07. The Kier molecular flexibility index (Phi) is 4.22. The van der Waals surface area contributed by atoms with Crippen molar-refractivity contribution in [1.82, 2.24) is 4.90 Å². The first-order chi connectivity index (χ1) is 7.40. The molecule has 1 fully saturated rings. The van der Waals surface area contributed by atoms with Crippen molar-refractivity contribution in [2.75, 3.05) is 5.33 Å². The molecule has 1 heterocycles. The van der Waals surface area contributed by atoms with Crippen LogP contribution in [0, 0.1) is 0 Å². The second-order valence-electron chi connectivity index (χ2n) is 3.29. The Morgan fingerprint density at radius 2 is 2.38 bits per heavy atom. The van der Waals surface area contributed by atoms with Gasteiger partial charge in [-0.05, 0) is 12.2 Å². The Bertz CT molecular complexity index is 338. The summed E-state index contributed by atoms with van der Waals surface area (Å²) >= 11 is 7.82. The van der Waals surface area contributed by atoms with E-state index in [1.807, 2.05) is 0 Å². The van der Waals surface area contributed by atoms with Gasteiger partial charge in [0.05, 0.1) is 6.04 Å². The summed E-state index contributed by atoms with van der Waals surface area (Å²) in [5.74, 6) is -1.72. The molecule has 1 rings (SSSR count). The van der Waals surface area contributed by atoms with Crippen molar-refractivity contribution in [3.63, 3.8) is 0 Å². The van der Waals surface area contributed by atoms with Crippen LogP contribution in [-0.4, -0.2) is 50.6 Å². The summed E-state index contributed by atoms with van der Waals surface area (Å²) in [7, 11) is 0. The third-order valence-corrected chi connectivity index (χ3v) is 2.97. The second-order valence-corrected chi connectivity index (χ2v) is 4.52. The predicted octanol–water partition coefficient (Wildman–Crippen LogP) is -0.306. The molecule has 0 spiro atoms. The number of hydrogen-bond acceptors (Lipinski definition) is 5. The number of halogens is 1. The number of rotatable bonds is 4. The fourth-order valence-corrected chi connectivity index (χ4v) is 2.24. The number of aliphatic carboxylic acids is 1. The molecular formula is C8H11BrN2O4S. The highest BCUT2D eigenvalue weighted by molar-refractivity contribution is 9.09. The largest absolute Gasteiger partial charge is 0.477 e. The number of carbonyl (C=O) groups excluding carboxylic acids is 1. The lowest BCUT2D eigenvalue weighted by molar-refractivity contribution is -0.178. The lowest BCUT2D eigenvalue weighted by Crippen LogP contribution is -2.73. The number of β-lactam (4-membered cyclic amide) rings is 1. The third-order valence-electron chi connectivity index (χ3n) is 2.21. The summed E-state index contributed by atoms with van der Waals surface area (Å²) in [5.41, 5.74) is 5.53. The highest BCUT2D eigenvalue weighted by Gasteiger charge is 2.51. The topological polar surface area (TPSA) is 92.9 Å². The molecule has 0 aliphatic carbocycles. The summed E-state index contributed by atoms with van der Waals surface area (Å²) in [5, 5.41) is 9.40. The summed E-state index contributed by atoms with van der Waals surface area (Å²) in [4.78, 5) is 23.5. The first-order valence-corrected chi connectivity index (χ1v) is 5.97. The lowest BCUT2D eigenvalue weighted by atomic mass is 9.97. The molecule has 16 heavy (non-hydrogen) atoms. The molecule has 3 atom stereocenters. The van der Waals surface area contributed by atoms with Gasteiger partial charge in [-0.1, -0.05) is 15.9 Å². The Labute approximate surface area is 106 Å². The van der Waals surface area contributed by atoms with E-state index in [2.05, 4.69) is 28.1 Å². The van der Waals surface area contributed by atoms with Crippen molar-refractivity contribution in [1.29, 1.82) is 0 Å². The molecule has 1 aliphatic heterocycles. The number of alkyl halides is 1. The van der Waals surface area contributed by atoms with Crippen LogP contribution in [0.5, 0.6) is 0 Å². The predicted molar refractivity (Wildman–Crippen MR) is 63.2 cm³/mol. The maximum Gasteiger partial charge on any atom is 0.366 e. The molecule has 1 saturated heterocycles. The van der Waals surface area contributed by atoms with Crippen molar-refractivity contribution in [3.8, 4) is 0 Å². The molecule has 0 saturated carbocycles. The van der Waals surface area contributed by atoms with Gasteiger partial charge in [0, 0.05) is 12.3 Å². The van der Waals surface area contributed by atoms with E-state index in [1.54, 1.807) is 0 Å². The van der Waals surface area contributed by atoms with Crippen LogP contribution in [0.1, 0.15) is 6.92 Å². The molecule has 6 nitrogen and oxygen atoms in total. The van der Waals surface area contributed by atoms with E-state index in [4.69, 9.17) is 15.6 Å². The Hall–Kier alpha value is -0.730. The van der Waals surface area contributed by atoms with Gasteiger partial charge < -0.3 is 15.6 Å². The Morgan fingerprint density at radius 1 is 1.81 bits per heavy atom. The normalized spacial score (nSPS) is 25.9. The molecule has 1 amide bonds. The minimum absolute atomic E-state index is 0.0639. The molecule has 3 N–H and O–H groups in total. The van der Waals surface area contributed by atoms with Crippen LogP contribution >= 0.6 is 28.1 Å². The molecule has 0 aromatic carbocycles. The quantitative estimate of drug-likeness (QED) is 0.420. The van der Waals surface area contributed by atoms with Gasteiger partial charge in [0.2, 0.25) is 5.91 Å². The Morgan fingerprint density at radius 3 is 2.75 bits per heavy atom. The maximum absolute atomic E-state index is 11.5. The van der Waals surface area contributed by atoms with E-state index < -0.39 is 24.1 Å². The number of amides is 1. The van der Waals surface area contributed by atoms with Gasteiger partial charge in [-0.15, -0.1) is 0 Å². The average Bonchev–Trinajstić information content (AvgIpc) is 2.21. The van der Waals surface area contributed by atoms with Crippen LogP contribution in [0.15, 0.2) is 0 Å². The average molecular weight is 311 g/mol. The lowest BCUT2D eigenvalue weighted by Gasteiger charge is -2.46. The molecule has 0 aromatic heterocycles. The molecular weight excluding hydrogens is 300 g/mol. The number of likely N-dealkylation sites (tertiary alicyclic amines) is 1. The molecule has 90 valence electrons. The molecule has 1 aliphatic rings. The number of carboxylic acids is 1. The van der Waals surface area contributed by atoms with Crippen molar-refractivity contribution in [2.24, 2.45) is 5.73 Å². The zero-order valence-corrected chi connectivity index (χ0v) is 10.8. The van der Waals surface area contributed by atoms with Gasteiger partial charge in [-0.3, -0.25) is 9.69 Å². The van der Waals surface area contributed by atoms with Gasteiger partial charge in [0.25, 0.3) is 6.23 Å². The molecule has 0 bridgehead atoms. The first kappa shape index (κ1) is 13.3. The van der Waals surface area contributed by atoms with Crippen molar-refractivity contribution >= 4 is 45.1 Å². The van der Waals surface area contributed by atoms with E-state index in [0.29, 0.717) is 5.33 Å². The fourth-order valence-electron chi connectivity index (χ4n) is 1.43. The van der Waals surface area contributed by atoms with Crippen LogP contribution in [0.3, 0.4) is 0 Å². The summed E-state index contributed by atoms with van der Waals surface area (Å²) in [6.45, 7) is 1.44. The number of nitrogens with two attached hydrogens (primary N) is 1. The SMILES string of the molecule is CC(=S)OC(C(=O)O)N1C(=O)[C@H](N)[C@@H]1CBr. The molecule has 8 heteroatoms. The van der Waals surface area contributed by atoms with Crippen LogP contribution in [0.2, 0.25) is 0 Å². The minimum atomic E-state index is -1.40. The first-order valence-electron chi connectivity index (χ1n) is 4.44. The molecule has 0 aromatic rings. The van der Waals surface area contributed by atoms with Crippen LogP contribution < -0.4 is 5.73 Å². The minimum Gasteiger partial charge on any atom is -0.477 e.